The van der Waals surface area contributed by atoms with Crippen LogP contribution in [0.1, 0.15) is 6.85 Å². The molecule has 0 nitrogen and oxygen atoms in total. The highest BCUT2D eigenvalue weighted by Crippen LogP contribution is 2.26. The quantitative estimate of drug-likeness (QED) is 0.562. The zero-order valence-electron chi connectivity index (χ0n) is 15.0. The van der Waals surface area contributed by atoms with Gasteiger partial charge in [0.05, 0.1) is 6.85 Å². The van der Waals surface area contributed by atoms with Gasteiger partial charge < -0.3 is 0 Å². The zero-order valence-corrected chi connectivity index (χ0v) is 10.8. The van der Waals surface area contributed by atoms with Crippen LogP contribution in [0.4, 0.5) is 0 Å². The minimum absolute atomic E-state index is 0.200. The Morgan fingerprint density at radius 2 is 1.32 bits per heavy atom. The van der Waals surface area contributed by atoms with Gasteiger partial charge in [-0.25, -0.2) is 0 Å². The van der Waals surface area contributed by atoms with E-state index in [1.54, 1.807) is 24.3 Å². The first kappa shape index (κ1) is 7.52. The fraction of sp³-hybridized carbons (Fsp3) is 0. The van der Waals surface area contributed by atoms with Gasteiger partial charge >= 0.3 is 0 Å². The molecule has 0 spiro atoms. The molecule has 0 aliphatic rings. The molecule has 3 aromatic rings. The van der Waals surface area contributed by atoms with Crippen molar-refractivity contribution in [1.29, 1.82) is 0 Å². The first-order valence-corrected chi connectivity index (χ1v) is 6.21. The fourth-order valence-electron chi connectivity index (χ4n) is 1.89. The summed E-state index contributed by atoms with van der Waals surface area (Å²) >= 11 is 5.91. The molecular formula is C18H13Cl. The van der Waals surface area contributed by atoms with Gasteiger partial charge in [-0.1, -0.05) is 72.1 Å². The van der Waals surface area contributed by atoms with Crippen molar-refractivity contribution in [2.75, 3.05) is 0 Å². The summed E-state index contributed by atoms with van der Waals surface area (Å²) in [5.74, 6) is 0. The summed E-state index contributed by atoms with van der Waals surface area (Å²) in [4.78, 5) is 0. The molecule has 0 N–H and O–H groups in total. The molecule has 1 heteroatoms. The van der Waals surface area contributed by atoms with E-state index in [-0.39, 0.29) is 35.8 Å². The number of benzene rings is 3. The predicted molar refractivity (Wildman–Crippen MR) is 82.3 cm³/mol. The second-order valence-corrected chi connectivity index (χ2v) is 4.52. The molecule has 0 aliphatic carbocycles. The molecule has 0 unspecified atom stereocenters. The van der Waals surface area contributed by atoms with Gasteiger partial charge in [0.1, 0.15) is 0 Å². The summed E-state index contributed by atoms with van der Waals surface area (Å²) < 4.78 is 39.5. The Morgan fingerprint density at radius 1 is 0.684 bits per heavy atom. The van der Waals surface area contributed by atoms with Crippen LogP contribution in [0.15, 0.2) is 78.7 Å². The third-order valence-corrected chi connectivity index (χ3v) is 3.08. The van der Waals surface area contributed by atoms with E-state index < -0.39 is 0 Å². The summed E-state index contributed by atoms with van der Waals surface area (Å²) in [6.07, 6.45) is 0. The van der Waals surface area contributed by atoms with Gasteiger partial charge in [-0.05, 0) is 40.5 Å². The van der Waals surface area contributed by atoms with Crippen LogP contribution >= 0.6 is 11.6 Å². The number of rotatable bonds is 2. The molecule has 0 amide bonds. The average molecular weight is 270 g/mol. The van der Waals surface area contributed by atoms with Crippen molar-refractivity contribution in [2.24, 2.45) is 0 Å². The van der Waals surface area contributed by atoms with Crippen LogP contribution in [-0.4, -0.2) is 0 Å². The number of halogens is 1. The molecule has 19 heavy (non-hydrogen) atoms. The van der Waals surface area contributed by atoms with Crippen LogP contribution in [-0.2, 0) is 0 Å². The third kappa shape index (κ3) is 2.69. The molecule has 0 atom stereocenters. The van der Waals surface area contributed by atoms with Crippen LogP contribution in [0.5, 0.6) is 0 Å². The van der Waals surface area contributed by atoms with Crippen molar-refractivity contribution in [1.82, 2.24) is 0 Å². The van der Waals surface area contributed by atoms with Gasteiger partial charge in [-0.3, -0.25) is 0 Å². The van der Waals surface area contributed by atoms with Crippen LogP contribution < -0.4 is 0 Å². The van der Waals surface area contributed by atoms with Gasteiger partial charge in [0.15, 0.2) is 0 Å². The Bertz CT molecular complexity index is 890. The largest absolute Gasteiger partial charge is 0.0843 e. The maximum Gasteiger partial charge on any atom is 0.0629 e. The molecule has 0 aromatic heterocycles. The van der Waals surface area contributed by atoms with Crippen LogP contribution in [0, 0.1) is 0 Å². The molecule has 0 saturated carbocycles. The second-order valence-electron chi connectivity index (χ2n) is 4.09. The topological polar surface area (TPSA) is 0 Å². The van der Waals surface area contributed by atoms with E-state index in [1.807, 2.05) is 24.3 Å². The standard InChI is InChI=1S/C18H13Cl/c19-18-11-9-15(10-12-18)17-8-4-7-16(13-17)14-5-2-1-3-6-14/h1-13H/i1D,2D,3D,5D,6D. The summed E-state index contributed by atoms with van der Waals surface area (Å²) in [6.45, 7) is 0. The normalized spacial score (nSPS) is 14.1. The second kappa shape index (κ2) is 5.29. The van der Waals surface area contributed by atoms with Gasteiger partial charge in [-0.2, -0.15) is 0 Å². The molecule has 0 radical (unpaired) electrons. The number of hydrogen-bond acceptors (Lipinski definition) is 0. The maximum atomic E-state index is 8.09. The van der Waals surface area contributed by atoms with E-state index in [0.29, 0.717) is 10.6 Å². The van der Waals surface area contributed by atoms with Gasteiger partial charge in [-0.15, -0.1) is 0 Å². The van der Waals surface area contributed by atoms with Crippen molar-refractivity contribution in [3.8, 4) is 22.3 Å². The van der Waals surface area contributed by atoms with Gasteiger partial charge in [0, 0.05) is 5.02 Å². The minimum Gasteiger partial charge on any atom is -0.0843 e. The molecule has 92 valence electrons. The first-order valence-electron chi connectivity index (χ1n) is 8.33. The average Bonchev–Trinajstić information content (AvgIpc) is 2.59. The van der Waals surface area contributed by atoms with E-state index in [2.05, 4.69) is 0 Å². The van der Waals surface area contributed by atoms with Crippen LogP contribution in [0.3, 0.4) is 0 Å². The van der Waals surface area contributed by atoms with E-state index >= 15 is 0 Å². The molecule has 0 bridgehead atoms. The minimum atomic E-state index is -0.386. The van der Waals surface area contributed by atoms with E-state index in [1.165, 1.54) is 0 Å². The lowest BCUT2D eigenvalue weighted by Gasteiger charge is -2.06. The molecule has 3 rings (SSSR count). The van der Waals surface area contributed by atoms with E-state index in [4.69, 9.17) is 18.5 Å². The lowest BCUT2D eigenvalue weighted by atomic mass is 9.99. The fourth-order valence-corrected chi connectivity index (χ4v) is 2.02. The Balaban J connectivity index is 2.19. The summed E-state index contributed by atoms with van der Waals surface area (Å²) in [5.41, 5.74) is 2.61. The highest BCUT2D eigenvalue weighted by molar-refractivity contribution is 6.30. The van der Waals surface area contributed by atoms with Crippen molar-refractivity contribution in [3.63, 3.8) is 0 Å². The lowest BCUT2D eigenvalue weighted by molar-refractivity contribution is 1.59. The molecular weight excluding hydrogens is 252 g/mol. The summed E-state index contributed by atoms with van der Waals surface area (Å²) in [6, 6.07) is 13.2. The van der Waals surface area contributed by atoms with Gasteiger partial charge in [0.25, 0.3) is 0 Å². The van der Waals surface area contributed by atoms with E-state index in [9.17, 15) is 0 Å². The first-order chi connectivity index (χ1) is 11.4. The third-order valence-electron chi connectivity index (χ3n) is 2.83. The maximum absolute atomic E-state index is 8.09. The Kier molecular flexibility index (Phi) is 2.09. The van der Waals surface area contributed by atoms with Crippen molar-refractivity contribution in [2.45, 2.75) is 0 Å². The summed E-state index contributed by atoms with van der Waals surface area (Å²) in [5, 5.41) is 0.639. The molecule has 3 aromatic carbocycles. The van der Waals surface area contributed by atoms with Crippen molar-refractivity contribution in [3.05, 3.63) is 83.8 Å². The highest BCUT2D eigenvalue weighted by Gasteiger charge is 2.01. The molecule has 0 fully saturated rings. The monoisotopic (exact) mass is 269 g/mol. The SMILES string of the molecule is [2H]c1c([2H])c([2H])c(-c2cccc(-c3ccc(Cl)cc3)c2)c([2H])c1[2H]. The molecule has 0 saturated heterocycles. The predicted octanol–water partition coefficient (Wildman–Crippen LogP) is 5.67. The smallest absolute Gasteiger partial charge is 0.0629 e. The lowest BCUT2D eigenvalue weighted by Crippen LogP contribution is -1.81. The van der Waals surface area contributed by atoms with Gasteiger partial charge in [0.2, 0.25) is 0 Å². The Morgan fingerprint density at radius 3 is 2.00 bits per heavy atom. The zero-order chi connectivity index (χ0) is 17.4. The summed E-state index contributed by atoms with van der Waals surface area (Å²) in [7, 11) is 0. The Labute approximate surface area is 125 Å². The van der Waals surface area contributed by atoms with Crippen LogP contribution in [0.2, 0.25) is 5.02 Å². The molecule has 0 aliphatic heterocycles. The van der Waals surface area contributed by atoms with Crippen LogP contribution in [0.25, 0.3) is 22.3 Å². The molecule has 0 heterocycles. The van der Waals surface area contributed by atoms with E-state index in [0.717, 1.165) is 11.1 Å². The highest BCUT2D eigenvalue weighted by atomic mass is 35.5. The Hall–Kier alpha value is -2.05. The van der Waals surface area contributed by atoms with Crippen molar-refractivity contribution >= 4 is 11.6 Å². The number of hydrogen-bond donors (Lipinski definition) is 0. The van der Waals surface area contributed by atoms with Crippen molar-refractivity contribution < 1.29 is 6.85 Å².